The van der Waals surface area contributed by atoms with Gasteiger partial charge in [-0.1, -0.05) is 19.1 Å². The molecular formula is C15H21N3O. The lowest BCUT2D eigenvalue weighted by molar-refractivity contribution is 0.341. The first-order valence-corrected chi connectivity index (χ1v) is 6.82. The number of para-hydroxylation sites is 1. The van der Waals surface area contributed by atoms with Gasteiger partial charge in [-0.25, -0.2) is 0 Å². The molecule has 0 aliphatic heterocycles. The van der Waals surface area contributed by atoms with E-state index in [-0.39, 0.29) is 0 Å². The molecule has 1 heterocycles. The van der Waals surface area contributed by atoms with Crippen molar-refractivity contribution < 1.29 is 4.74 Å². The van der Waals surface area contributed by atoms with Gasteiger partial charge in [0.25, 0.3) is 0 Å². The summed E-state index contributed by atoms with van der Waals surface area (Å²) < 4.78 is 5.67. The van der Waals surface area contributed by atoms with Crippen molar-refractivity contribution in [3.8, 4) is 17.0 Å². The maximum Gasteiger partial charge on any atom is 0.128 e. The van der Waals surface area contributed by atoms with E-state index in [1.54, 1.807) is 0 Å². The first-order valence-electron chi connectivity index (χ1n) is 6.82. The summed E-state index contributed by atoms with van der Waals surface area (Å²) in [4.78, 5) is 0. The number of rotatable bonds is 7. The van der Waals surface area contributed by atoms with Crippen molar-refractivity contribution in [1.29, 1.82) is 0 Å². The zero-order valence-electron chi connectivity index (χ0n) is 11.6. The normalized spacial score (nSPS) is 10.6. The fourth-order valence-electron chi connectivity index (χ4n) is 2.03. The van der Waals surface area contributed by atoms with Crippen molar-refractivity contribution in [1.82, 2.24) is 15.5 Å². The molecule has 0 bridgehead atoms. The molecule has 2 rings (SSSR count). The van der Waals surface area contributed by atoms with E-state index >= 15 is 0 Å². The van der Waals surface area contributed by atoms with Gasteiger partial charge in [0.15, 0.2) is 0 Å². The Labute approximate surface area is 114 Å². The number of aromatic amines is 1. The monoisotopic (exact) mass is 259 g/mol. The molecule has 0 unspecified atom stereocenters. The van der Waals surface area contributed by atoms with Crippen molar-refractivity contribution in [3.05, 3.63) is 36.0 Å². The number of ether oxygens (including phenoxy) is 1. The molecule has 1 aromatic carbocycles. The van der Waals surface area contributed by atoms with Gasteiger partial charge in [-0.2, -0.15) is 5.10 Å². The predicted molar refractivity (Wildman–Crippen MR) is 77.2 cm³/mol. The van der Waals surface area contributed by atoms with Gasteiger partial charge in [0.05, 0.1) is 18.5 Å². The van der Waals surface area contributed by atoms with Crippen molar-refractivity contribution in [3.63, 3.8) is 0 Å². The average molecular weight is 259 g/mol. The van der Waals surface area contributed by atoms with Gasteiger partial charge in [-0.15, -0.1) is 0 Å². The van der Waals surface area contributed by atoms with Crippen LogP contribution in [0, 0.1) is 0 Å². The summed E-state index contributed by atoms with van der Waals surface area (Å²) in [6.45, 7) is 6.65. The second kappa shape index (κ2) is 6.95. The Balaban J connectivity index is 2.24. The molecule has 2 aromatic rings. The van der Waals surface area contributed by atoms with E-state index in [2.05, 4.69) is 28.5 Å². The molecule has 19 heavy (non-hydrogen) atoms. The first kappa shape index (κ1) is 13.6. The van der Waals surface area contributed by atoms with E-state index in [1.807, 2.05) is 31.3 Å². The van der Waals surface area contributed by atoms with Crippen LogP contribution in [0.3, 0.4) is 0 Å². The van der Waals surface area contributed by atoms with Crippen LogP contribution in [0.4, 0.5) is 0 Å². The van der Waals surface area contributed by atoms with E-state index in [0.717, 1.165) is 36.5 Å². The van der Waals surface area contributed by atoms with Crippen LogP contribution in [-0.2, 0) is 6.54 Å². The summed E-state index contributed by atoms with van der Waals surface area (Å²) >= 11 is 0. The summed E-state index contributed by atoms with van der Waals surface area (Å²) in [5.74, 6) is 0.894. The van der Waals surface area contributed by atoms with Crippen LogP contribution in [0.1, 0.15) is 25.8 Å². The quantitative estimate of drug-likeness (QED) is 0.752. The van der Waals surface area contributed by atoms with Crippen LogP contribution >= 0.6 is 0 Å². The van der Waals surface area contributed by atoms with Crippen molar-refractivity contribution in [2.24, 2.45) is 0 Å². The lowest BCUT2D eigenvalue weighted by atomic mass is 10.1. The smallest absolute Gasteiger partial charge is 0.128 e. The Morgan fingerprint density at radius 1 is 1.26 bits per heavy atom. The molecule has 0 fully saturated rings. The summed E-state index contributed by atoms with van der Waals surface area (Å²) in [7, 11) is 0. The molecule has 2 N–H and O–H groups in total. The fraction of sp³-hybridized carbons (Fsp3) is 0.400. The number of H-pyrrole nitrogens is 1. The number of nitrogens with one attached hydrogen (secondary N) is 2. The van der Waals surface area contributed by atoms with Gasteiger partial charge in [0, 0.05) is 17.7 Å². The van der Waals surface area contributed by atoms with Crippen LogP contribution in [0.25, 0.3) is 11.3 Å². The predicted octanol–water partition coefficient (Wildman–Crippen LogP) is 2.98. The van der Waals surface area contributed by atoms with Crippen LogP contribution in [0.2, 0.25) is 0 Å². The molecule has 4 nitrogen and oxygen atoms in total. The molecule has 0 aliphatic carbocycles. The third-order valence-electron chi connectivity index (χ3n) is 2.92. The van der Waals surface area contributed by atoms with Gasteiger partial charge in [0.2, 0.25) is 0 Å². The SMILES string of the molecule is CCCNCc1cn[nH]c1-c1ccccc1OCC. The van der Waals surface area contributed by atoms with E-state index in [4.69, 9.17) is 4.74 Å². The highest BCUT2D eigenvalue weighted by Crippen LogP contribution is 2.30. The molecule has 102 valence electrons. The Morgan fingerprint density at radius 3 is 2.89 bits per heavy atom. The highest BCUT2D eigenvalue weighted by Gasteiger charge is 2.11. The lowest BCUT2D eigenvalue weighted by Crippen LogP contribution is -2.13. The topological polar surface area (TPSA) is 49.9 Å². The van der Waals surface area contributed by atoms with Crippen LogP contribution in [0.15, 0.2) is 30.5 Å². The van der Waals surface area contributed by atoms with Crippen molar-refractivity contribution in [2.45, 2.75) is 26.8 Å². The minimum Gasteiger partial charge on any atom is -0.493 e. The molecule has 0 saturated carbocycles. The number of aromatic nitrogens is 2. The van der Waals surface area contributed by atoms with E-state index in [9.17, 15) is 0 Å². The maximum atomic E-state index is 5.67. The Morgan fingerprint density at radius 2 is 2.11 bits per heavy atom. The van der Waals surface area contributed by atoms with E-state index in [1.165, 1.54) is 5.56 Å². The molecule has 4 heteroatoms. The largest absolute Gasteiger partial charge is 0.493 e. The first-order chi connectivity index (χ1) is 9.36. The zero-order valence-corrected chi connectivity index (χ0v) is 11.6. The minimum absolute atomic E-state index is 0.661. The number of hydrogen-bond acceptors (Lipinski definition) is 3. The Hall–Kier alpha value is -1.81. The molecule has 0 radical (unpaired) electrons. The number of nitrogens with zero attached hydrogens (tertiary/aromatic N) is 1. The van der Waals surface area contributed by atoms with Gasteiger partial charge < -0.3 is 10.1 Å². The maximum absolute atomic E-state index is 5.67. The van der Waals surface area contributed by atoms with Gasteiger partial charge in [-0.05, 0) is 32.0 Å². The van der Waals surface area contributed by atoms with Crippen molar-refractivity contribution >= 4 is 0 Å². The Bertz CT molecular complexity index is 508. The van der Waals surface area contributed by atoms with Crippen molar-refractivity contribution in [2.75, 3.05) is 13.2 Å². The molecule has 0 atom stereocenters. The zero-order chi connectivity index (χ0) is 13.5. The lowest BCUT2D eigenvalue weighted by Gasteiger charge is -2.10. The fourth-order valence-corrected chi connectivity index (χ4v) is 2.03. The standard InChI is InChI=1S/C15H21N3O/c1-3-9-16-10-12-11-17-18-15(12)13-7-5-6-8-14(13)19-4-2/h5-8,11,16H,3-4,9-10H2,1-2H3,(H,17,18). The molecule has 0 amide bonds. The third kappa shape index (κ3) is 3.35. The summed E-state index contributed by atoms with van der Waals surface area (Å²) in [6.07, 6.45) is 3.00. The number of hydrogen-bond donors (Lipinski definition) is 2. The highest BCUT2D eigenvalue weighted by molar-refractivity contribution is 5.69. The summed E-state index contributed by atoms with van der Waals surface area (Å²) in [5, 5.41) is 10.6. The van der Waals surface area contributed by atoms with Gasteiger partial charge in [-0.3, -0.25) is 5.10 Å². The average Bonchev–Trinajstić information content (AvgIpc) is 2.88. The van der Waals surface area contributed by atoms with Crippen LogP contribution in [-0.4, -0.2) is 23.3 Å². The summed E-state index contributed by atoms with van der Waals surface area (Å²) in [6, 6.07) is 8.05. The number of benzene rings is 1. The van der Waals surface area contributed by atoms with Crippen LogP contribution in [0.5, 0.6) is 5.75 Å². The molecule has 0 saturated heterocycles. The Kier molecular flexibility index (Phi) is 4.98. The molecule has 0 aliphatic rings. The molecule has 1 aromatic heterocycles. The minimum atomic E-state index is 0.661. The molecule has 0 spiro atoms. The van der Waals surface area contributed by atoms with E-state index < -0.39 is 0 Å². The van der Waals surface area contributed by atoms with E-state index in [0.29, 0.717) is 6.61 Å². The van der Waals surface area contributed by atoms with Gasteiger partial charge >= 0.3 is 0 Å². The second-order valence-corrected chi connectivity index (χ2v) is 4.38. The van der Waals surface area contributed by atoms with Gasteiger partial charge in [0.1, 0.15) is 5.75 Å². The second-order valence-electron chi connectivity index (χ2n) is 4.38. The third-order valence-corrected chi connectivity index (χ3v) is 2.92. The summed E-state index contributed by atoms with van der Waals surface area (Å²) in [5.41, 5.74) is 3.27. The van der Waals surface area contributed by atoms with Crippen LogP contribution < -0.4 is 10.1 Å². The molecular weight excluding hydrogens is 238 g/mol. The highest BCUT2D eigenvalue weighted by atomic mass is 16.5.